The molecule has 0 saturated carbocycles. The van der Waals surface area contributed by atoms with Crippen molar-refractivity contribution in [3.8, 4) is 28.1 Å². The van der Waals surface area contributed by atoms with Gasteiger partial charge in [0.05, 0.1) is 11.9 Å². The Morgan fingerprint density at radius 1 is 1.00 bits per heavy atom. The first kappa shape index (κ1) is 16.2. The SMILES string of the molecule is OBOc1cncc(-c2cc(-c3ccccc3F)nc3ncccc23)c1. The van der Waals surface area contributed by atoms with Gasteiger partial charge in [-0.2, -0.15) is 0 Å². The Labute approximate surface area is 149 Å². The van der Waals surface area contributed by atoms with Gasteiger partial charge < -0.3 is 9.68 Å². The Balaban J connectivity index is 1.96. The molecule has 1 N–H and O–H groups in total. The van der Waals surface area contributed by atoms with Crippen LogP contribution in [0.25, 0.3) is 33.4 Å². The minimum atomic E-state index is -0.440. The van der Waals surface area contributed by atoms with E-state index in [9.17, 15) is 4.39 Å². The zero-order valence-corrected chi connectivity index (χ0v) is 13.6. The highest BCUT2D eigenvalue weighted by molar-refractivity contribution is 6.17. The number of nitrogens with zero attached hydrogens (tertiary/aromatic N) is 3. The molecule has 3 aromatic heterocycles. The fraction of sp³-hybridized carbons (Fsp3) is 0. The predicted molar refractivity (Wildman–Crippen MR) is 98.2 cm³/mol. The van der Waals surface area contributed by atoms with E-state index in [4.69, 9.17) is 9.68 Å². The van der Waals surface area contributed by atoms with E-state index in [0.29, 0.717) is 22.7 Å². The predicted octanol–water partition coefficient (Wildman–Crippen LogP) is 3.14. The molecule has 0 aliphatic rings. The second-order valence-electron chi connectivity index (χ2n) is 5.59. The molecule has 0 fully saturated rings. The summed E-state index contributed by atoms with van der Waals surface area (Å²) < 4.78 is 19.4. The van der Waals surface area contributed by atoms with E-state index in [1.165, 1.54) is 12.3 Å². The van der Waals surface area contributed by atoms with Crippen LogP contribution in [0.3, 0.4) is 0 Å². The third kappa shape index (κ3) is 3.00. The van der Waals surface area contributed by atoms with E-state index in [2.05, 4.69) is 15.0 Å². The van der Waals surface area contributed by atoms with Crippen molar-refractivity contribution in [1.29, 1.82) is 0 Å². The van der Waals surface area contributed by atoms with Gasteiger partial charge in [0, 0.05) is 28.9 Å². The summed E-state index contributed by atoms with van der Waals surface area (Å²) >= 11 is 0. The molecule has 0 radical (unpaired) electrons. The topological polar surface area (TPSA) is 68.1 Å². The van der Waals surface area contributed by atoms with E-state index >= 15 is 0 Å². The number of pyridine rings is 3. The van der Waals surface area contributed by atoms with Crippen LogP contribution in [-0.4, -0.2) is 27.7 Å². The fourth-order valence-corrected chi connectivity index (χ4v) is 2.82. The summed E-state index contributed by atoms with van der Waals surface area (Å²) in [5.74, 6) is 0.0861. The molecule has 26 heavy (non-hydrogen) atoms. The van der Waals surface area contributed by atoms with Crippen LogP contribution in [0.2, 0.25) is 0 Å². The summed E-state index contributed by atoms with van der Waals surface area (Å²) in [7, 11) is -0.440. The molecule has 1 aromatic carbocycles. The average Bonchev–Trinajstić information content (AvgIpc) is 2.68. The Hall–Kier alpha value is -3.32. The maximum Gasteiger partial charge on any atom is 0.504 e. The number of rotatable bonds is 4. The summed E-state index contributed by atoms with van der Waals surface area (Å²) in [5.41, 5.74) is 2.96. The van der Waals surface area contributed by atoms with Gasteiger partial charge in [0.2, 0.25) is 0 Å². The second kappa shape index (κ2) is 6.89. The molecule has 0 bridgehead atoms. The lowest BCUT2D eigenvalue weighted by Gasteiger charge is -2.11. The number of hydrogen-bond acceptors (Lipinski definition) is 5. The summed E-state index contributed by atoms with van der Waals surface area (Å²) in [6.07, 6.45) is 4.84. The van der Waals surface area contributed by atoms with Gasteiger partial charge in [-0.1, -0.05) is 12.1 Å². The van der Waals surface area contributed by atoms with Crippen LogP contribution in [0.15, 0.2) is 67.1 Å². The van der Waals surface area contributed by atoms with E-state index in [1.807, 2.05) is 18.2 Å². The standard InChI is InChI=1S/C19H13BFN3O2/c21-17-6-2-1-4-15(17)18-9-16(14-5-3-7-23-19(14)24-18)12-8-13(26-20-25)11-22-10-12/h1-11,20,25H. The molecule has 0 unspecified atom stereocenters. The lowest BCUT2D eigenvalue weighted by atomic mass is 10.0. The molecule has 5 nitrogen and oxygen atoms in total. The summed E-state index contributed by atoms with van der Waals surface area (Å²) in [6.45, 7) is 0. The minimum Gasteiger partial charge on any atom is -0.538 e. The van der Waals surface area contributed by atoms with Crippen molar-refractivity contribution in [1.82, 2.24) is 15.0 Å². The first-order chi connectivity index (χ1) is 12.8. The van der Waals surface area contributed by atoms with Crippen LogP contribution in [0.1, 0.15) is 0 Å². The molecular weight excluding hydrogens is 332 g/mol. The van der Waals surface area contributed by atoms with Gasteiger partial charge in [0.15, 0.2) is 5.65 Å². The van der Waals surface area contributed by atoms with Gasteiger partial charge in [-0.3, -0.25) is 4.98 Å². The Kier molecular flexibility index (Phi) is 4.29. The largest absolute Gasteiger partial charge is 0.538 e. The first-order valence-corrected chi connectivity index (χ1v) is 7.96. The maximum atomic E-state index is 14.3. The molecule has 4 rings (SSSR count). The van der Waals surface area contributed by atoms with Crippen molar-refractivity contribution in [2.24, 2.45) is 0 Å². The van der Waals surface area contributed by atoms with Crippen LogP contribution >= 0.6 is 0 Å². The molecule has 0 atom stereocenters. The molecule has 0 aliphatic carbocycles. The molecule has 126 valence electrons. The van der Waals surface area contributed by atoms with Gasteiger partial charge in [-0.25, -0.2) is 14.4 Å². The summed E-state index contributed by atoms with van der Waals surface area (Å²) in [4.78, 5) is 13.0. The smallest absolute Gasteiger partial charge is 0.504 e. The number of hydrogen-bond donors (Lipinski definition) is 1. The summed E-state index contributed by atoms with van der Waals surface area (Å²) in [5, 5.41) is 9.78. The third-order valence-electron chi connectivity index (χ3n) is 3.99. The second-order valence-corrected chi connectivity index (χ2v) is 5.59. The zero-order chi connectivity index (χ0) is 17.9. The molecule has 0 aliphatic heterocycles. The highest BCUT2D eigenvalue weighted by atomic mass is 19.1. The molecule has 0 spiro atoms. The normalized spacial score (nSPS) is 10.7. The maximum absolute atomic E-state index is 14.3. The highest BCUT2D eigenvalue weighted by Crippen LogP contribution is 2.33. The summed E-state index contributed by atoms with van der Waals surface area (Å²) in [6, 6.07) is 13.8. The number of benzene rings is 1. The Morgan fingerprint density at radius 2 is 1.88 bits per heavy atom. The van der Waals surface area contributed by atoms with Crippen molar-refractivity contribution < 1.29 is 14.1 Å². The van der Waals surface area contributed by atoms with Gasteiger partial charge in [0.25, 0.3) is 0 Å². The van der Waals surface area contributed by atoms with Crippen LogP contribution in [0.5, 0.6) is 5.75 Å². The third-order valence-corrected chi connectivity index (χ3v) is 3.99. The number of fused-ring (bicyclic) bond motifs is 1. The van der Waals surface area contributed by atoms with Gasteiger partial charge >= 0.3 is 7.69 Å². The van der Waals surface area contributed by atoms with Crippen molar-refractivity contribution in [3.63, 3.8) is 0 Å². The first-order valence-electron chi connectivity index (χ1n) is 7.96. The van der Waals surface area contributed by atoms with Crippen LogP contribution in [0.4, 0.5) is 4.39 Å². The fourth-order valence-electron chi connectivity index (χ4n) is 2.82. The van der Waals surface area contributed by atoms with Crippen LogP contribution in [-0.2, 0) is 0 Å². The number of halogens is 1. The Bertz CT molecular complexity index is 1090. The zero-order valence-electron chi connectivity index (χ0n) is 13.6. The van der Waals surface area contributed by atoms with E-state index in [-0.39, 0.29) is 5.82 Å². The monoisotopic (exact) mass is 345 g/mol. The highest BCUT2D eigenvalue weighted by Gasteiger charge is 2.13. The van der Waals surface area contributed by atoms with E-state index in [0.717, 1.165) is 16.5 Å². The van der Waals surface area contributed by atoms with E-state index in [1.54, 1.807) is 36.7 Å². The molecule has 0 saturated heterocycles. The van der Waals surface area contributed by atoms with Crippen LogP contribution in [0, 0.1) is 5.82 Å². The van der Waals surface area contributed by atoms with Crippen LogP contribution < -0.4 is 4.65 Å². The molecule has 3 heterocycles. The Morgan fingerprint density at radius 3 is 2.73 bits per heavy atom. The van der Waals surface area contributed by atoms with Crippen molar-refractivity contribution >= 4 is 18.7 Å². The van der Waals surface area contributed by atoms with Crippen molar-refractivity contribution in [3.05, 3.63) is 72.9 Å². The molecular formula is C19H13BFN3O2. The number of aromatic nitrogens is 3. The van der Waals surface area contributed by atoms with Gasteiger partial charge in [-0.05, 0) is 42.0 Å². The minimum absolute atomic E-state index is 0.350. The van der Waals surface area contributed by atoms with Crippen molar-refractivity contribution in [2.75, 3.05) is 0 Å². The quantitative estimate of drug-likeness (QED) is 0.576. The van der Waals surface area contributed by atoms with Crippen molar-refractivity contribution in [2.45, 2.75) is 0 Å². The molecule has 4 aromatic rings. The lowest BCUT2D eigenvalue weighted by Crippen LogP contribution is -2.00. The van der Waals surface area contributed by atoms with Gasteiger partial charge in [0.1, 0.15) is 11.6 Å². The van der Waals surface area contributed by atoms with Gasteiger partial charge in [-0.15, -0.1) is 0 Å². The average molecular weight is 345 g/mol. The molecule has 7 heteroatoms. The van der Waals surface area contributed by atoms with E-state index < -0.39 is 7.69 Å². The molecule has 0 amide bonds. The lowest BCUT2D eigenvalue weighted by molar-refractivity contribution is 0.452.